The molecule has 1 aromatic heterocycles. The van der Waals surface area contributed by atoms with Gasteiger partial charge in [-0.15, -0.1) is 0 Å². The highest BCUT2D eigenvalue weighted by Crippen LogP contribution is 2.21. The number of phenols is 1. The number of esters is 1. The maximum atomic E-state index is 11.1. The Bertz CT molecular complexity index is 532. The molecule has 1 N–H and O–H groups in total. The molecule has 4 heteroatoms. The van der Waals surface area contributed by atoms with Gasteiger partial charge in [0.25, 0.3) is 0 Å². The molecule has 18 heavy (non-hydrogen) atoms. The van der Waals surface area contributed by atoms with E-state index in [0.717, 1.165) is 11.1 Å². The van der Waals surface area contributed by atoms with Crippen LogP contribution in [0.2, 0.25) is 0 Å². The summed E-state index contributed by atoms with van der Waals surface area (Å²) in [5.41, 5.74) is 2.57. The van der Waals surface area contributed by atoms with Crippen LogP contribution >= 0.6 is 0 Å². The Hall–Kier alpha value is -2.36. The van der Waals surface area contributed by atoms with Crippen molar-refractivity contribution in [3.8, 4) is 16.9 Å². The van der Waals surface area contributed by atoms with Crippen LogP contribution in [0.3, 0.4) is 0 Å². The highest BCUT2D eigenvalue weighted by Gasteiger charge is 2.04. The fraction of sp³-hybridized carbons (Fsp3) is 0.143. The fourth-order valence-electron chi connectivity index (χ4n) is 1.57. The zero-order valence-corrected chi connectivity index (χ0v) is 9.96. The van der Waals surface area contributed by atoms with E-state index in [1.165, 1.54) is 7.11 Å². The summed E-state index contributed by atoms with van der Waals surface area (Å²) in [5, 5.41) is 9.21. The van der Waals surface area contributed by atoms with Crippen LogP contribution in [0.15, 0.2) is 42.6 Å². The molecule has 0 radical (unpaired) electrons. The van der Waals surface area contributed by atoms with Crippen molar-refractivity contribution in [2.24, 2.45) is 0 Å². The molecular weight excluding hydrogens is 230 g/mol. The number of nitrogens with zero attached hydrogens (tertiary/aromatic N) is 1. The lowest BCUT2D eigenvalue weighted by Gasteiger charge is -2.03. The summed E-state index contributed by atoms with van der Waals surface area (Å²) in [5.74, 6) is -0.0751. The predicted octanol–water partition coefficient (Wildman–Crippen LogP) is 2.17. The number of rotatable bonds is 3. The van der Waals surface area contributed by atoms with E-state index in [2.05, 4.69) is 9.72 Å². The number of carbonyl (C=O) groups is 1. The Morgan fingerprint density at radius 1 is 1.17 bits per heavy atom. The van der Waals surface area contributed by atoms with E-state index >= 15 is 0 Å². The Morgan fingerprint density at radius 2 is 1.83 bits per heavy atom. The highest BCUT2D eigenvalue weighted by atomic mass is 16.5. The number of carbonyl (C=O) groups excluding carboxylic acids is 1. The summed E-state index contributed by atoms with van der Waals surface area (Å²) >= 11 is 0. The van der Waals surface area contributed by atoms with E-state index in [1.807, 2.05) is 18.2 Å². The van der Waals surface area contributed by atoms with Crippen molar-refractivity contribution >= 4 is 5.97 Å². The topological polar surface area (TPSA) is 59.4 Å². The first-order chi connectivity index (χ1) is 8.69. The average molecular weight is 243 g/mol. The maximum Gasteiger partial charge on any atom is 0.311 e. The van der Waals surface area contributed by atoms with Crippen LogP contribution in [0.4, 0.5) is 0 Å². The number of hydrogen-bond donors (Lipinski definition) is 1. The van der Waals surface area contributed by atoms with Gasteiger partial charge in [-0.05, 0) is 23.8 Å². The number of methoxy groups -OCH3 is 1. The van der Waals surface area contributed by atoms with Crippen LogP contribution in [-0.2, 0) is 16.0 Å². The Balaban J connectivity index is 2.17. The molecule has 4 nitrogen and oxygen atoms in total. The lowest BCUT2D eigenvalue weighted by atomic mass is 10.1. The number of phenolic OH excluding ortho intramolecular Hbond substituents is 1. The summed E-state index contributed by atoms with van der Waals surface area (Å²) < 4.78 is 4.58. The first kappa shape index (κ1) is 12.1. The molecular formula is C14H13NO3. The molecule has 92 valence electrons. The second kappa shape index (κ2) is 5.31. The summed E-state index contributed by atoms with van der Waals surface area (Å²) in [6.45, 7) is 0. The fourth-order valence-corrected chi connectivity index (χ4v) is 1.57. The van der Waals surface area contributed by atoms with Crippen LogP contribution in [-0.4, -0.2) is 23.2 Å². The number of aromatic nitrogens is 1. The number of hydrogen-bond acceptors (Lipinski definition) is 4. The average Bonchev–Trinajstić information content (AvgIpc) is 2.40. The first-order valence-corrected chi connectivity index (χ1v) is 5.50. The molecule has 0 unspecified atom stereocenters. The summed E-state index contributed by atoms with van der Waals surface area (Å²) in [4.78, 5) is 15.3. The molecule has 1 aromatic carbocycles. The van der Waals surface area contributed by atoms with E-state index in [0.29, 0.717) is 5.69 Å². The second-order valence-corrected chi connectivity index (χ2v) is 3.84. The van der Waals surface area contributed by atoms with Crippen molar-refractivity contribution in [3.05, 3.63) is 48.3 Å². The molecule has 0 aliphatic heterocycles. The van der Waals surface area contributed by atoms with Gasteiger partial charge in [-0.25, -0.2) is 0 Å². The van der Waals surface area contributed by atoms with Crippen LogP contribution in [0.5, 0.6) is 5.75 Å². The molecule has 0 bridgehead atoms. The standard InChI is InChI=1S/C14H13NO3/c1-18-14(17)8-12-5-2-11(9-15-12)10-3-6-13(16)7-4-10/h2-7,9,16H,8H2,1H3. The smallest absolute Gasteiger partial charge is 0.311 e. The molecule has 2 aromatic rings. The summed E-state index contributed by atoms with van der Waals surface area (Å²) in [6, 6.07) is 10.5. The van der Waals surface area contributed by atoms with Gasteiger partial charge in [-0.3, -0.25) is 9.78 Å². The van der Waals surface area contributed by atoms with Gasteiger partial charge in [0, 0.05) is 11.8 Å². The molecule has 0 aliphatic carbocycles. The van der Waals surface area contributed by atoms with Crippen LogP contribution < -0.4 is 0 Å². The monoisotopic (exact) mass is 243 g/mol. The van der Waals surface area contributed by atoms with Crippen LogP contribution in [0.25, 0.3) is 11.1 Å². The van der Waals surface area contributed by atoms with Crippen molar-refractivity contribution in [3.63, 3.8) is 0 Å². The zero-order valence-electron chi connectivity index (χ0n) is 9.96. The van der Waals surface area contributed by atoms with Crippen molar-refractivity contribution in [1.29, 1.82) is 0 Å². The molecule has 0 fully saturated rings. The normalized spacial score (nSPS) is 10.1. The molecule has 0 saturated heterocycles. The van der Waals surface area contributed by atoms with E-state index in [9.17, 15) is 9.90 Å². The minimum atomic E-state index is -0.306. The van der Waals surface area contributed by atoms with Gasteiger partial charge in [0.05, 0.1) is 19.2 Å². The predicted molar refractivity (Wildman–Crippen MR) is 67.1 cm³/mol. The van der Waals surface area contributed by atoms with Crippen LogP contribution in [0, 0.1) is 0 Å². The van der Waals surface area contributed by atoms with E-state index in [1.54, 1.807) is 24.4 Å². The van der Waals surface area contributed by atoms with E-state index in [4.69, 9.17) is 0 Å². The zero-order chi connectivity index (χ0) is 13.0. The number of benzene rings is 1. The minimum Gasteiger partial charge on any atom is -0.508 e. The number of aromatic hydroxyl groups is 1. The van der Waals surface area contributed by atoms with Crippen molar-refractivity contribution < 1.29 is 14.6 Å². The van der Waals surface area contributed by atoms with Crippen molar-refractivity contribution in [1.82, 2.24) is 4.98 Å². The van der Waals surface area contributed by atoms with Gasteiger partial charge in [-0.2, -0.15) is 0 Å². The third-order valence-electron chi connectivity index (χ3n) is 2.58. The molecule has 0 spiro atoms. The van der Waals surface area contributed by atoms with Gasteiger partial charge >= 0.3 is 5.97 Å². The van der Waals surface area contributed by atoms with Gasteiger partial charge < -0.3 is 9.84 Å². The summed E-state index contributed by atoms with van der Waals surface area (Å²) in [6.07, 6.45) is 1.87. The largest absolute Gasteiger partial charge is 0.508 e. The number of pyridine rings is 1. The number of ether oxygens (including phenoxy) is 1. The van der Waals surface area contributed by atoms with E-state index in [-0.39, 0.29) is 18.1 Å². The maximum absolute atomic E-state index is 11.1. The lowest BCUT2D eigenvalue weighted by molar-refractivity contribution is -0.139. The highest BCUT2D eigenvalue weighted by molar-refractivity contribution is 5.72. The van der Waals surface area contributed by atoms with Gasteiger partial charge in [0.2, 0.25) is 0 Å². The van der Waals surface area contributed by atoms with Gasteiger partial charge in [0.15, 0.2) is 0 Å². The minimum absolute atomic E-state index is 0.173. The third-order valence-corrected chi connectivity index (χ3v) is 2.58. The lowest BCUT2D eigenvalue weighted by Crippen LogP contribution is -2.05. The van der Waals surface area contributed by atoms with Crippen molar-refractivity contribution in [2.75, 3.05) is 7.11 Å². The van der Waals surface area contributed by atoms with E-state index < -0.39 is 0 Å². The van der Waals surface area contributed by atoms with Gasteiger partial charge in [0.1, 0.15) is 5.75 Å². The first-order valence-electron chi connectivity index (χ1n) is 5.50. The molecule has 0 aliphatic rings. The van der Waals surface area contributed by atoms with Gasteiger partial charge in [-0.1, -0.05) is 18.2 Å². The molecule has 0 atom stereocenters. The Morgan fingerprint density at radius 3 is 2.39 bits per heavy atom. The molecule has 0 saturated carbocycles. The van der Waals surface area contributed by atoms with Crippen LogP contribution in [0.1, 0.15) is 5.69 Å². The Labute approximate surface area is 105 Å². The third kappa shape index (κ3) is 2.85. The quantitative estimate of drug-likeness (QED) is 0.839. The second-order valence-electron chi connectivity index (χ2n) is 3.84. The SMILES string of the molecule is COC(=O)Cc1ccc(-c2ccc(O)cc2)cn1. The van der Waals surface area contributed by atoms with Crippen molar-refractivity contribution in [2.45, 2.75) is 6.42 Å². The summed E-state index contributed by atoms with van der Waals surface area (Å²) in [7, 11) is 1.35. The Kier molecular flexibility index (Phi) is 3.57. The molecule has 1 heterocycles. The molecule has 0 amide bonds. The molecule has 2 rings (SSSR count).